The Balaban J connectivity index is 1.35. The first-order valence-corrected chi connectivity index (χ1v) is 12.4. The van der Waals surface area contributed by atoms with Crippen molar-refractivity contribution in [3.8, 4) is 5.75 Å². The number of piperidine rings is 1. The SMILES string of the molecule is CCN(C)Cc1nc(N2CCC(CCCOc3ccc(C(=O)NCCCO)c(C)c3)CC2)no1. The van der Waals surface area contributed by atoms with Crippen molar-refractivity contribution in [2.75, 3.05) is 51.3 Å². The van der Waals surface area contributed by atoms with E-state index in [4.69, 9.17) is 14.4 Å². The van der Waals surface area contributed by atoms with E-state index in [9.17, 15) is 4.79 Å². The Hall–Kier alpha value is -2.65. The van der Waals surface area contributed by atoms with Gasteiger partial charge in [-0.15, -0.1) is 0 Å². The van der Waals surface area contributed by atoms with Gasteiger partial charge in [-0.05, 0) is 87.5 Å². The Labute approximate surface area is 202 Å². The molecule has 0 bridgehead atoms. The van der Waals surface area contributed by atoms with Crippen LogP contribution in [0.1, 0.15) is 60.8 Å². The lowest BCUT2D eigenvalue weighted by molar-refractivity contribution is 0.0950. The summed E-state index contributed by atoms with van der Waals surface area (Å²) in [6, 6.07) is 5.57. The molecule has 1 aromatic heterocycles. The molecule has 0 saturated carbocycles. The standard InChI is InChI=1S/C25H39N5O4/c1-4-29(3)18-23-27-25(28-34-23)30-13-10-20(11-14-30)7-5-16-33-21-8-9-22(19(2)17-21)24(32)26-12-6-15-31/h8-9,17,20,31H,4-7,10-16,18H2,1-3H3,(H,26,32). The monoisotopic (exact) mass is 473 g/mol. The van der Waals surface area contributed by atoms with Gasteiger partial charge in [-0.1, -0.05) is 6.92 Å². The zero-order chi connectivity index (χ0) is 24.3. The number of ether oxygens (including phenoxy) is 1. The summed E-state index contributed by atoms with van der Waals surface area (Å²) in [5.41, 5.74) is 1.53. The molecule has 2 heterocycles. The lowest BCUT2D eigenvalue weighted by atomic mass is 9.92. The van der Waals surface area contributed by atoms with Crippen molar-refractivity contribution in [3.05, 3.63) is 35.2 Å². The van der Waals surface area contributed by atoms with E-state index < -0.39 is 0 Å². The minimum Gasteiger partial charge on any atom is -0.494 e. The summed E-state index contributed by atoms with van der Waals surface area (Å²) < 4.78 is 11.3. The first-order valence-electron chi connectivity index (χ1n) is 12.4. The van der Waals surface area contributed by atoms with E-state index in [1.807, 2.05) is 26.1 Å². The van der Waals surface area contributed by atoms with Gasteiger partial charge in [0.15, 0.2) is 0 Å². The molecule has 2 aromatic rings. The van der Waals surface area contributed by atoms with Crippen molar-refractivity contribution >= 4 is 11.9 Å². The molecule has 1 aliphatic rings. The fourth-order valence-corrected chi connectivity index (χ4v) is 4.12. The van der Waals surface area contributed by atoms with Crippen LogP contribution >= 0.6 is 0 Å². The highest BCUT2D eigenvalue weighted by Gasteiger charge is 2.22. The Morgan fingerprint density at radius 2 is 2.12 bits per heavy atom. The second kappa shape index (κ2) is 13.3. The molecule has 3 rings (SSSR count). The Bertz CT molecular complexity index is 895. The van der Waals surface area contributed by atoms with Crippen LogP contribution in [0.5, 0.6) is 5.75 Å². The number of carbonyl (C=O) groups is 1. The largest absolute Gasteiger partial charge is 0.494 e. The number of rotatable bonds is 13. The van der Waals surface area contributed by atoms with Crippen molar-refractivity contribution in [2.45, 2.75) is 52.5 Å². The maximum Gasteiger partial charge on any atom is 0.266 e. The van der Waals surface area contributed by atoms with Crippen LogP contribution in [0.15, 0.2) is 22.7 Å². The maximum atomic E-state index is 12.2. The number of carbonyl (C=O) groups excluding carboxylic acids is 1. The van der Waals surface area contributed by atoms with Crippen molar-refractivity contribution < 1.29 is 19.2 Å². The highest BCUT2D eigenvalue weighted by molar-refractivity contribution is 5.95. The van der Waals surface area contributed by atoms with Crippen LogP contribution in [0.3, 0.4) is 0 Å². The van der Waals surface area contributed by atoms with E-state index >= 15 is 0 Å². The lowest BCUT2D eigenvalue weighted by Crippen LogP contribution is -2.34. The fourth-order valence-electron chi connectivity index (χ4n) is 4.12. The molecule has 34 heavy (non-hydrogen) atoms. The lowest BCUT2D eigenvalue weighted by Gasteiger charge is -2.30. The summed E-state index contributed by atoms with van der Waals surface area (Å²) in [5.74, 6) is 2.74. The first kappa shape index (κ1) is 26.0. The molecule has 2 N–H and O–H groups in total. The number of nitrogens with one attached hydrogen (secondary N) is 1. The number of nitrogens with zero attached hydrogens (tertiary/aromatic N) is 4. The summed E-state index contributed by atoms with van der Waals surface area (Å²) in [6.07, 6.45) is 4.94. The molecule has 188 valence electrons. The number of aryl methyl sites for hydroxylation is 1. The van der Waals surface area contributed by atoms with Crippen molar-refractivity contribution in [3.63, 3.8) is 0 Å². The van der Waals surface area contributed by atoms with Crippen LogP contribution in [0.25, 0.3) is 0 Å². The number of aromatic nitrogens is 2. The second-order valence-corrected chi connectivity index (χ2v) is 9.05. The summed E-state index contributed by atoms with van der Waals surface area (Å²) in [4.78, 5) is 21.1. The summed E-state index contributed by atoms with van der Waals surface area (Å²) >= 11 is 0. The molecule has 0 spiro atoms. The summed E-state index contributed by atoms with van der Waals surface area (Å²) in [7, 11) is 2.04. The Morgan fingerprint density at radius 3 is 2.82 bits per heavy atom. The van der Waals surface area contributed by atoms with Gasteiger partial charge >= 0.3 is 0 Å². The molecule has 1 aromatic carbocycles. The van der Waals surface area contributed by atoms with Gasteiger partial charge in [0.25, 0.3) is 11.9 Å². The number of hydrogen-bond donors (Lipinski definition) is 2. The minimum absolute atomic E-state index is 0.0714. The van der Waals surface area contributed by atoms with E-state index in [0.29, 0.717) is 49.4 Å². The third kappa shape index (κ3) is 7.70. The van der Waals surface area contributed by atoms with Crippen LogP contribution in [-0.2, 0) is 6.54 Å². The van der Waals surface area contributed by atoms with E-state index in [0.717, 1.165) is 56.6 Å². The predicted molar refractivity (Wildman–Crippen MR) is 131 cm³/mol. The smallest absolute Gasteiger partial charge is 0.266 e. The minimum atomic E-state index is -0.116. The zero-order valence-electron chi connectivity index (χ0n) is 20.8. The number of amides is 1. The fraction of sp³-hybridized carbons (Fsp3) is 0.640. The molecule has 0 atom stereocenters. The molecular formula is C25H39N5O4. The van der Waals surface area contributed by atoms with Crippen LogP contribution < -0.4 is 15.0 Å². The molecule has 9 nitrogen and oxygen atoms in total. The molecule has 1 saturated heterocycles. The van der Waals surface area contributed by atoms with Gasteiger partial charge in [-0.3, -0.25) is 9.69 Å². The predicted octanol–water partition coefficient (Wildman–Crippen LogP) is 3.02. The van der Waals surface area contributed by atoms with E-state index in [1.54, 1.807) is 6.07 Å². The van der Waals surface area contributed by atoms with Gasteiger partial charge in [0, 0.05) is 31.8 Å². The van der Waals surface area contributed by atoms with Crippen molar-refractivity contribution in [2.24, 2.45) is 5.92 Å². The summed E-state index contributed by atoms with van der Waals surface area (Å²) in [6.45, 7) is 8.76. The second-order valence-electron chi connectivity index (χ2n) is 9.05. The number of benzene rings is 1. The zero-order valence-corrected chi connectivity index (χ0v) is 20.8. The summed E-state index contributed by atoms with van der Waals surface area (Å²) in [5, 5.41) is 15.8. The normalized spacial score (nSPS) is 14.6. The van der Waals surface area contributed by atoms with Gasteiger partial charge in [0.05, 0.1) is 13.2 Å². The third-order valence-corrected chi connectivity index (χ3v) is 6.39. The molecule has 1 fully saturated rings. The highest BCUT2D eigenvalue weighted by Crippen LogP contribution is 2.25. The number of aliphatic hydroxyl groups is 1. The van der Waals surface area contributed by atoms with Crippen LogP contribution in [0.2, 0.25) is 0 Å². The van der Waals surface area contributed by atoms with Crippen molar-refractivity contribution in [1.29, 1.82) is 0 Å². The highest BCUT2D eigenvalue weighted by atomic mass is 16.5. The molecule has 1 amide bonds. The van der Waals surface area contributed by atoms with Crippen molar-refractivity contribution in [1.82, 2.24) is 20.4 Å². The van der Waals surface area contributed by atoms with Crippen LogP contribution in [0, 0.1) is 12.8 Å². The van der Waals surface area contributed by atoms with E-state index in [-0.39, 0.29) is 12.5 Å². The van der Waals surface area contributed by atoms with Gasteiger partial charge in [-0.2, -0.15) is 4.98 Å². The number of anilines is 1. The maximum absolute atomic E-state index is 12.2. The molecule has 0 unspecified atom stereocenters. The molecule has 1 aliphatic heterocycles. The third-order valence-electron chi connectivity index (χ3n) is 6.39. The Kier molecular flexibility index (Phi) is 10.2. The van der Waals surface area contributed by atoms with E-state index in [2.05, 4.69) is 32.2 Å². The number of aliphatic hydroxyl groups excluding tert-OH is 1. The quantitative estimate of drug-likeness (QED) is 0.428. The van der Waals surface area contributed by atoms with E-state index in [1.165, 1.54) is 0 Å². The molecule has 0 radical (unpaired) electrons. The van der Waals surface area contributed by atoms with Gasteiger partial charge in [-0.25, -0.2) is 0 Å². The molecule has 9 heteroatoms. The number of hydrogen-bond acceptors (Lipinski definition) is 8. The average Bonchev–Trinajstić information content (AvgIpc) is 3.30. The molecular weight excluding hydrogens is 434 g/mol. The average molecular weight is 474 g/mol. The molecule has 0 aliphatic carbocycles. The van der Waals surface area contributed by atoms with Gasteiger partial charge in [0.1, 0.15) is 5.75 Å². The first-order chi connectivity index (χ1) is 16.5. The Morgan fingerprint density at radius 1 is 1.32 bits per heavy atom. The topological polar surface area (TPSA) is 104 Å². The van der Waals surface area contributed by atoms with Gasteiger partial charge < -0.3 is 24.6 Å². The van der Waals surface area contributed by atoms with Crippen LogP contribution in [-0.4, -0.2) is 72.5 Å². The van der Waals surface area contributed by atoms with Crippen LogP contribution in [0.4, 0.5) is 5.95 Å². The van der Waals surface area contributed by atoms with Gasteiger partial charge in [0.2, 0.25) is 5.89 Å².